The number of sulfonamides is 1. The van der Waals surface area contributed by atoms with Gasteiger partial charge in [0.1, 0.15) is 5.75 Å². The monoisotopic (exact) mass is 569 g/mol. The molecule has 8 heteroatoms. The van der Waals surface area contributed by atoms with E-state index < -0.39 is 10.0 Å². The van der Waals surface area contributed by atoms with E-state index in [-0.39, 0.29) is 23.5 Å². The van der Waals surface area contributed by atoms with E-state index in [1.807, 2.05) is 36.9 Å². The van der Waals surface area contributed by atoms with E-state index >= 15 is 0 Å². The lowest BCUT2D eigenvalue weighted by Crippen LogP contribution is -2.51. The molecule has 1 heterocycles. The molecule has 1 saturated heterocycles. The van der Waals surface area contributed by atoms with Crippen molar-refractivity contribution < 1.29 is 17.9 Å². The highest BCUT2D eigenvalue weighted by Gasteiger charge is 2.28. The highest BCUT2D eigenvalue weighted by Crippen LogP contribution is 2.29. The lowest BCUT2D eigenvalue weighted by atomic mass is 9.96. The standard InChI is InChI=1S/C33H35N3O4S/c1-25-13-14-29(23-26(25)2)34-41(38,39)31-17-15-30(16-18-31)40-24-32(37)35-19-21-36(22-20-35)33(27-9-5-3-6-10-27)28-11-7-4-8-12-28/h3-18,23,33-34H,19-22,24H2,1-2H3. The zero-order chi connectivity index (χ0) is 28.8. The minimum absolute atomic E-state index is 0.0891. The van der Waals surface area contributed by atoms with E-state index in [1.165, 1.54) is 23.3 Å². The molecule has 0 radical (unpaired) electrons. The smallest absolute Gasteiger partial charge is 0.261 e. The summed E-state index contributed by atoms with van der Waals surface area (Å²) in [7, 11) is -3.75. The molecule has 1 amide bonds. The highest BCUT2D eigenvalue weighted by molar-refractivity contribution is 7.92. The van der Waals surface area contributed by atoms with Crippen molar-refractivity contribution in [2.45, 2.75) is 24.8 Å². The van der Waals surface area contributed by atoms with Crippen LogP contribution in [0.2, 0.25) is 0 Å². The van der Waals surface area contributed by atoms with Crippen LogP contribution in [-0.4, -0.2) is 56.9 Å². The normalized spacial score (nSPS) is 14.2. The van der Waals surface area contributed by atoms with Gasteiger partial charge in [-0.2, -0.15) is 0 Å². The van der Waals surface area contributed by atoms with Gasteiger partial charge in [0.15, 0.2) is 6.61 Å². The number of carbonyl (C=O) groups excluding carboxylic acids is 1. The number of nitrogens with one attached hydrogen (secondary N) is 1. The van der Waals surface area contributed by atoms with E-state index in [0.717, 1.165) is 24.2 Å². The first kappa shape index (κ1) is 28.4. The first-order chi connectivity index (χ1) is 19.8. The number of anilines is 1. The van der Waals surface area contributed by atoms with Crippen molar-refractivity contribution in [1.82, 2.24) is 9.80 Å². The van der Waals surface area contributed by atoms with Crippen LogP contribution in [0, 0.1) is 13.8 Å². The molecule has 0 atom stereocenters. The lowest BCUT2D eigenvalue weighted by Gasteiger charge is -2.39. The number of ether oxygens (including phenoxy) is 1. The Labute approximate surface area is 242 Å². The van der Waals surface area contributed by atoms with E-state index in [1.54, 1.807) is 24.3 Å². The molecule has 0 spiro atoms. The zero-order valence-electron chi connectivity index (χ0n) is 23.4. The number of nitrogens with zero attached hydrogens (tertiary/aromatic N) is 2. The van der Waals surface area contributed by atoms with Crippen LogP contribution in [0.15, 0.2) is 108 Å². The number of hydrogen-bond donors (Lipinski definition) is 1. The minimum atomic E-state index is -3.75. The molecule has 0 saturated carbocycles. The third kappa shape index (κ3) is 6.96. The Bertz CT molecular complexity index is 1530. The van der Waals surface area contributed by atoms with Gasteiger partial charge in [-0.05, 0) is 72.5 Å². The van der Waals surface area contributed by atoms with Crippen molar-refractivity contribution in [2.24, 2.45) is 0 Å². The molecule has 5 rings (SSSR count). The fraction of sp³-hybridized carbons (Fsp3) is 0.242. The van der Waals surface area contributed by atoms with Crippen LogP contribution in [-0.2, 0) is 14.8 Å². The summed E-state index contributed by atoms with van der Waals surface area (Å²) in [6.07, 6.45) is 0. The quantitative estimate of drug-likeness (QED) is 0.291. The number of carbonyl (C=O) groups is 1. The maximum atomic E-state index is 12.9. The van der Waals surface area contributed by atoms with Crippen molar-refractivity contribution >= 4 is 21.6 Å². The third-order valence-electron chi connectivity index (χ3n) is 7.52. The van der Waals surface area contributed by atoms with E-state index in [4.69, 9.17) is 4.74 Å². The summed E-state index contributed by atoms with van der Waals surface area (Å²) in [5.41, 5.74) is 5.08. The Hall–Kier alpha value is -4.14. The summed E-state index contributed by atoms with van der Waals surface area (Å²) in [5.74, 6) is 0.351. The van der Waals surface area contributed by atoms with Crippen LogP contribution in [0.1, 0.15) is 28.3 Å². The predicted octanol–water partition coefficient (Wildman–Crippen LogP) is 5.42. The summed E-state index contributed by atoms with van der Waals surface area (Å²) < 4.78 is 34.0. The van der Waals surface area contributed by atoms with Crippen molar-refractivity contribution in [2.75, 3.05) is 37.5 Å². The average molecular weight is 570 g/mol. The van der Waals surface area contributed by atoms with Gasteiger partial charge in [0.25, 0.3) is 15.9 Å². The summed E-state index contributed by atoms with van der Waals surface area (Å²) in [5, 5.41) is 0. The van der Waals surface area contributed by atoms with Crippen molar-refractivity contribution in [1.29, 1.82) is 0 Å². The Morgan fingerprint density at radius 2 is 1.37 bits per heavy atom. The molecule has 0 unspecified atom stereocenters. The van der Waals surface area contributed by atoms with Crippen molar-refractivity contribution in [3.8, 4) is 5.75 Å². The van der Waals surface area contributed by atoms with Gasteiger partial charge >= 0.3 is 0 Å². The molecule has 1 fully saturated rings. The lowest BCUT2D eigenvalue weighted by molar-refractivity contribution is -0.135. The molecular formula is C33H35N3O4S. The molecule has 4 aromatic carbocycles. The SMILES string of the molecule is Cc1ccc(NS(=O)(=O)c2ccc(OCC(=O)N3CCN(C(c4ccccc4)c4ccccc4)CC3)cc2)cc1C. The molecule has 7 nitrogen and oxygen atoms in total. The van der Waals surface area contributed by atoms with Gasteiger partial charge in [-0.3, -0.25) is 14.4 Å². The number of aryl methyl sites for hydroxylation is 2. The summed E-state index contributed by atoms with van der Waals surface area (Å²) in [6.45, 7) is 6.53. The number of amides is 1. The van der Waals surface area contributed by atoms with Crippen LogP contribution in [0.5, 0.6) is 5.75 Å². The van der Waals surface area contributed by atoms with E-state index in [0.29, 0.717) is 24.5 Å². The number of rotatable bonds is 9. The van der Waals surface area contributed by atoms with Crippen LogP contribution >= 0.6 is 0 Å². The Morgan fingerprint density at radius 3 is 1.93 bits per heavy atom. The number of benzene rings is 4. The van der Waals surface area contributed by atoms with Crippen LogP contribution < -0.4 is 9.46 Å². The minimum Gasteiger partial charge on any atom is -0.484 e. The molecule has 1 aliphatic heterocycles. The molecule has 1 N–H and O–H groups in total. The Morgan fingerprint density at radius 1 is 0.780 bits per heavy atom. The topological polar surface area (TPSA) is 78.9 Å². The van der Waals surface area contributed by atoms with Gasteiger partial charge < -0.3 is 9.64 Å². The second kappa shape index (κ2) is 12.6. The van der Waals surface area contributed by atoms with Gasteiger partial charge in [-0.1, -0.05) is 66.7 Å². The number of piperazine rings is 1. The maximum absolute atomic E-state index is 12.9. The molecule has 0 aromatic heterocycles. The first-order valence-corrected chi connectivity index (χ1v) is 15.2. The van der Waals surface area contributed by atoms with Gasteiger partial charge in [-0.15, -0.1) is 0 Å². The fourth-order valence-corrected chi connectivity index (χ4v) is 6.13. The molecular weight excluding hydrogens is 534 g/mol. The van der Waals surface area contributed by atoms with Crippen LogP contribution in [0.3, 0.4) is 0 Å². The zero-order valence-corrected chi connectivity index (χ0v) is 24.2. The predicted molar refractivity (Wildman–Crippen MR) is 162 cm³/mol. The summed E-state index contributed by atoms with van der Waals surface area (Å²) in [4.78, 5) is 17.3. The molecule has 1 aliphatic rings. The Balaban J connectivity index is 1.15. The van der Waals surface area contributed by atoms with Gasteiger partial charge in [-0.25, -0.2) is 8.42 Å². The molecule has 41 heavy (non-hydrogen) atoms. The summed E-state index contributed by atoms with van der Waals surface area (Å²) in [6, 6.07) is 32.6. The second-order valence-corrected chi connectivity index (χ2v) is 12.0. The summed E-state index contributed by atoms with van der Waals surface area (Å²) >= 11 is 0. The molecule has 0 bridgehead atoms. The second-order valence-electron chi connectivity index (χ2n) is 10.3. The highest BCUT2D eigenvalue weighted by atomic mass is 32.2. The maximum Gasteiger partial charge on any atom is 0.261 e. The molecule has 4 aromatic rings. The van der Waals surface area contributed by atoms with Gasteiger partial charge in [0.05, 0.1) is 10.9 Å². The molecule has 212 valence electrons. The third-order valence-corrected chi connectivity index (χ3v) is 8.92. The van der Waals surface area contributed by atoms with Crippen LogP contribution in [0.25, 0.3) is 0 Å². The van der Waals surface area contributed by atoms with Gasteiger partial charge in [0.2, 0.25) is 0 Å². The fourth-order valence-electron chi connectivity index (χ4n) is 5.08. The molecule has 0 aliphatic carbocycles. The van der Waals surface area contributed by atoms with E-state index in [2.05, 4.69) is 58.2 Å². The van der Waals surface area contributed by atoms with Gasteiger partial charge in [0, 0.05) is 31.9 Å². The van der Waals surface area contributed by atoms with Crippen molar-refractivity contribution in [3.63, 3.8) is 0 Å². The largest absolute Gasteiger partial charge is 0.484 e. The van der Waals surface area contributed by atoms with Crippen LogP contribution in [0.4, 0.5) is 5.69 Å². The average Bonchev–Trinajstić information content (AvgIpc) is 2.99. The first-order valence-electron chi connectivity index (χ1n) is 13.7. The Kier molecular flexibility index (Phi) is 8.71. The van der Waals surface area contributed by atoms with Crippen molar-refractivity contribution in [3.05, 3.63) is 125 Å². The van der Waals surface area contributed by atoms with E-state index in [9.17, 15) is 13.2 Å². The number of hydrogen-bond acceptors (Lipinski definition) is 5.